The largest absolute Gasteiger partial charge is 0.351 e. The molecule has 4 nitrogen and oxygen atoms in total. The van der Waals surface area contributed by atoms with Crippen LogP contribution in [0.5, 0.6) is 0 Å². The molecule has 1 aliphatic heterocycles. The Balaban J connectivity index is 1.61. The maximum Gasteiger partial charge on any atom is 0.255 e. The topological polar surface area (TPSA) is 49.4 Å². The van der Waals surface area contributed by atoms with E-state index in [0.29, 0.717) is 12.1 Å². The van der Waals surface area contributed by atoms with Crippen LogP contribution < -0.4 is 5.32 Å². The van der Waals surface area contributed by atoms with Gasteiger partial charge in [-0.2, -0.15) is 0 Å². The smallest absolute Gasteiger partial charge is 0.255 e. The van der Waals surface area contributed by atoms with Crippen LogP contribution in [0.4, 0.5) is 0 Å². The fraction of sp³-hybridized carbons (Fsp3) is 0.391. The van der Waals surface area contributed by atoms with Gasteiger partial charge in [0.2, 0.25) is 5.91 Å². The van der Waals surface area contributed by atoms with E-state index in [1.807, 2.05) is 24.3 Å². The van der Waals surface area contributed by atoms with Crippen LogP contribution in [0.2, 0.25) is 0 Å². The number of hydrogen-bond donors (Lipinski definition) is 1. The van der Waals surface area contributed by atoms with E-state index in [4.69, 9.17) is 0 Å². The van der Waals surface area contributed by atoms with Crippen molar-refractivity contribution in [3.05, 3.63) is 70.8 Å². The van der Waals surface area contributed by atoms with Gasteiger partial charge in [0.05, 0.1) is 0 Å². The standard InChI is InChI=1S/C23H26N2O2/c1-2-16-11-13-17(14-12-16)15-25-21(22(26)24-18-7-3-4-8-18)19-9-5-6-10-20(19)23(25)27/h5-6,9-14,18,21H,2-4,7-8,15H2,1H3,(H,24,26)/t21-/m0/s1. The highest BCUT2D eigenvalue weighted by atomic mass is 16.2. The highest BCUT2D eigenvalue weighted by Crippen LogP contribution is 2.35. The van der Waals surface area contributed by atoms with Crippen molar-refractivity contribution in [1.29, 1.82) is 0 Å². The zero-order chi connectivity index (χ0) is 18.8. The zero-order valence-electron chi connectivity index (χ0n) is 15.8. The first-order chi connectivity index (χ1) is 13.2. The number of carbonyl (C=O) groups is 2. The van der Waals surface area contributed by atoms with Crippen molar-refractivity contribution in [3.63, 3.8) is 0 Å². The van der Waals surface area contributed by atoms with E-state index >= 15 is 0 Å². The third-order valence-corrected chi connectivity index (χ3v) is 5.79. The van der Waals surface area contributed by atoms with Gasteiger partial charge in [0.1, 0.15) is 6.04 Å². The summed E-state index contributed by atoms with van der Waals surface area (Å²) in [5.74, 6) is -0.109. The molecule has 2 aromatic rings. The van der Waals surface area contributed by atoms with Gasteiger partial charge in [-0.25, -0.2) is 0 Å². The van der Waals surface area contributed by atoms with Gasteiger partial charge < -0.3 is 10.2 Å². The summed E-state index contributed by atoms with van der Waals surface area (Å²) in [6.45, 7) is 2.57. The van der Waals surface area contributed by atoms with Crippen molar-refractivity contribution >= 4 is 11.8 Å². The average molecular weight is 362 g/mol. The van der Waals surface area contributed by atoms with Gasteiger partial charge in [-0.3, -0.25) is 9.59 Å². The van der Waals surface area contributed by atoms with Gasteiger partial charge in [-0.15, -0.1) is 0 Å². The molecule has 1 fully saturated rings. The molecular formula is C23H26N2O2. The fourth-order valence-electron chi connectivity index (χ4n) is 4.24. The minimum absolute atomic E-state index is 0.0506. The summed E-state index contributed by atoms with van der Waals surface area (Å²) in [5, 5.41) is 3.18. The van der Waals surface area contributed by atoms with Crippen molar-refractivity contribution in [3.8, 4) is 0 Å². The van der Waals surface area contributed by atoms with E-state index in [2.05, 4.69) is 36.5 Å². The fourth-order valence-corrected chi connectivity index (χ4v) is 4.24. The lowest BCUT2D eigenvalue weighted by atomic mass is 10.0. The molecular weight excluding hydrogens is 336 g/mol. The summed E-state index contributed by atoms with van der Waals surface area (Å²) in [5.41, 5.74) is 3.79. The molecule has 1 atom stereocenters. The molecule has 0 saturated heterocycles. The molecule has 1 N–H and O–H groups in total. The number of nitrogens with one attached hydrogen (secondary N) is 1. The lowest BCUT2D eigenvalue weighted by Gasteiger charge is -2.26. The number of amides is 2. The molecule has 2 aromatic carbocycles. The molecule has 27 heavy (non-hydrogen) atoms. The maximum atomic E-state index is 13.1. The van der Waals surface area contributed by atoms with E-state index in [1.54, 1.807) is 4.90 Å². The van der Waals surface area contributed by atoms with E-state index in [1.165, 1.54) is 18.4 Å². The van der Waals surface area contributed by atoms with Crippen LogP contribution in [0, 0.1) is 0 Å². The number of aryl methyl sites for hydroxylation is 1. The third kappa shape index (κ3) is 3.48. The van der Waals surface area contributed by atoms with Crippen molar-refractivity contribution in [2.45, 2.75) is 57.7 Å². The van der Waals surface area contributed by atoms with Crippen LogP contribution in [-0.2, 0) is 17.8 Å². The third-order valence-electron chi connectivity index (χ3n) is 5.79. The lowest BCUT2D eigenvalue weighted by Crippen LogP contribution is -2.42. The molecule has 0 radical (unpaired) electrons. The summed E-state index contributed by atoms with van der Waals surface area (Å²) >= 11 is 0. The Hall–Kier alpha value is -2.62. The predicted octanol–water partition coefficient (Wildman–Crippen LogP) is 4.00. The Morgan fingerprint density at radius 1 is 1.04 bits per heavy atom. The zero-order valence-corrected chi connectivity index (χ0v) is 15.8. The molecule has 0 aromatic heterocycles. The number of hydrogen-bond acceptors (Lipinski definition) is 2. The predicted molar refractivity (Wildman–Crippen MR) is 105 cm³/mol. The minimum Gasteiger partial charge on any atom is -0.351 e. The second-order valence-corrected chi connectivity index (χ2v) is 7.58. The van der Waals surface area contributed by atoms with Crippen LogP contribution in [0.3, 0.4) is 0 Å². The molecule has 2 amide bonds. The van der Waals surface area contributed by atoms with Crippen LogP contribution in [-0.4, -0.2) is 22.8 Å². The molecule has 0 unspecified atom stereocenters. The molecule has 0 spiro atoms. The first-order valence-electron chi connectivity index (χ1n) is 9.95. The number of benzene rings is 2. The Labute approximate surface area is 160 Å². The molecule has 140 valence electrons. The van der Waals surface area contributed by atoms with E-state index in [9.17, 15) is 9.59 Å². The van der Waals surface area contributed by atoms with Gasteiger partial charge in [0, 0.05) is 18.2 Å². The summed E-state index contributed by atoms with van der Waals surface area (Å²) in [6, 6.07) is 15.5. The van der Waals surface area contributed by atoms with Crippen LogP contribution >= 0.6 is 0 Å². The summed E-state index contributed by atoms with van der Waals surface area (Å²) < 4.78 is 0. The number of nitrogens with zero attached hydrogens (tertiary/aromatic N) is 1. The first-order valence-corrected chi connectivity index (χ1v) is 9.95. The van der Waals surface area contributed by atoms with Crippen LogP contribution in [0.1, 0.15) is 65.7 Å². The van der Waals surface area contributed by atoms with Crippen molar-refractivity contribution < 1.29 is 9.59 Å². The Kier molecular flexibility index (Phi) is 4.97. The van der Waals surface area contributed by atoms with Crippen molar-refractivity contribution in [1.82, 2.24) is 10.2 Å². The number of fused-ring (bicyclic) bond motifs is 1. The molecule has 1 aliphatic carbocycles. The van der Waals surface area contributed by atoms with Crippen molar-refractivity contribution in [2.24, 2.45) is 0 Å². The Morgan fingerprint density at radius 2 is 1.70 bits per heavy atom. The molecule has 1 saturated carbocycles. The van der Waals surface area contributed by atoms with Gasteiger partial charge in [0.15, 0.2) is 0 Å². The van der Waals surface area contributed by atoms with E-state index < -0.39 is 6.04 Å². The Bertz CT molecular complexity index is 838. The van der Waals surface area contributed by atoms with Crippen molar-refractivity contribution in [2.75, 3.05) is 0 Å². The normalized spacial score (nSPS) is 19.4. The quantitative estimate of drug-likeness (QED) is 0.874. The lowest BCUT2D eigenvalue weighted by molar-refractivity contribution is -0.126. The van der Waals surface area contributed by atoms with Gasteiger partial charge in [-0.05, 0) is 42.0 Å². The van der Waals surface area contributed by atoms with Gasteiger partial charge >= 0.3 is 0 Å². The molecule has 4 heteroatoms. The maximum absolute atomic E-state index is 13.1. The Morgan fingerprint density at radius 3 is 2.41 bits per heavy atom. The average Bonchev–Trinajstić information content (AvgIpc) is 3.29. The second kappa shape index (κ2) is 7.55. The summed E-state index contributed by atoms with van der Waals surface area (Å²) in [4.78, 5) is 27.8. The second-order valence-electron chi connectivity index (χ2n) is 7.58. The first kappa shape index (κ1) is 17.8. The summed E-state index contributed by atoms with van der Waals surface area (Å²) in [7, 11) is 0. The molecule has 0 bridgehead atoms. The van der Waals surface area contributed by atoms with E-state index in [0.717, 1.165) is 30.4 Å². The monoisotopic (exact) mass is 362 g/mol. The highest BCUT2D eigenvalue weighted by molar-refractivity contribution is 6.04. The number of rotatable bonds is 5. The molecule has 1 heterocycles. The number of carbonyl (C=O) groups excluding carboxylic acids is 2. The SMILES string of the molecule is CCc1ccc(CN2C(=O)c3ccccc3[C@H]2C(=O)NC2CCCC2)cc1. The summed E-state index contributed by atoms with van der Waals surface area (Å²) in [6.07, 6.45) is 5.39. The van der Waals surface area contributed by atoms with Crippen LogP contribution in [0.15, 0.2) is 48.5 Å². The van der Waals surface area contributed by atoms with Gasteiger partial charge in [-0.1, -0.05) is 62.2 Å². The minimum atomic E-state index is -0.542. The van der Waals surface area contributed by atoms with Gasteiger partial charge in [0.25, 0.3) is 5.91 Å². The van der Waals surface area contributed by atoms with E-state index in [-0.39, 0.29) is 17.9 Å². The van der Waals surface area contributed by atoms with Crippen LogP contribution in [0.25, 0.3) is 0 Å². The molecule has 4 rings (SSSR count). The highest BCUT2D eigenvalue weighted by Gasteiger charge is 2.41. The molecule has 2 aliphatic rings.